The van der Waals surface area contributed by atoms with Gasteiger partial charge in [-0.3, -0.25) is 4.79 Å². The lowest BCUT2D eigenvalue weighted by molar-refractivity contribution is -0.117. The molecule has 1 amide bonds. The number of furan rings is 1. The highest BCUT2D eigenvalue weighted by Crippen LogP contribution is 2.12. The minimum Gasteiger partial charge on any atom is -0.467 e. The molecule has 5 nitrogen and oxygen atoms in total. The van der Waals surface area contributed by atoms with Crippen LogP contribution in [0.3, 0.4) is 0 Å². The van der Waals surface area contributed by atoms with E-state index in [0.29, 0.717) is 18.8 Å². The van der Waals surface area contributed by atoms with Crippen molar-refractivity contribution in [3.8, 4) is 6.07 Å². The zero-order valence-corrected chi connectivity index (χ0v) is 15.4. The SMILES string of the molecule is N#C/C(=C/N(Cc1ccccc1)Cc1ccccc1)C(=O)NCc1ccco1. The lowest BCUT2D eigenvalue weighted by atomic mass is 10.1. The molecule has 1 heterocycles. The number of carbonyl (C=O) groups is 1. The molecule has 28 heavy (non-hydrogen) atoms. The number of nitriles is 1. The van der Waals surface area contributed by atoms with E-state index in [9.17, 15) is 10.1 Å². The first-order chi connectivity index (χ1) is 13.7. The zero-order chi connectivity index (χ0) is 19.6. The molecule has 0 aliphatic rings. The van der Waals surface area contributed by atoms with Crippen molar-refractivity contribution in [2.45, 2.75) is 19.6 Å². The molecular formula is C23H21N3O2. The van der Waals surface area contributed by atoms with Gasteiger partial charge in [-0.2, -0.15) is 5.26 Å². The standard InChI is InChI=1S/C23H21N3O2/c24-14-21(23(27)25-15-22-12-7-13-28-22)18-26(16-19-8-3-1-4-9-19)17-20-10-5-2-6-11-20/h1-13,18H,15-17H2,(H,25,27)/b21-18-. The Morgan fingerprint density at radius 3 is 2.07 bits per heavy atom. The van der Waals surface area contributed by atoms with Gasteiger partial charge in [-0.25, -0.2) is 0 Å². The monoisotopic (exact) mass is 371 g/mol. The van der Waals surface area contributed by atoms with E-state index in [1.54, 1.807) is 24.6 Å². The van der Waals surface area contributed by atoms with Crippen molar-refractivity contribution in [1.29, 1.82) is 5.26 Å². The highest BCUT2D eigenvalue weighted by atomic mass is 16.3. The number of hydrogen-bond acceptors (Lipinski definition) is 4. The van der Waals surface area contributed by atoms with Crippen molar-refractivity contribution in [3.05, 3.63) is 108 Å². The van der Waals surface area contributed by atoms with Crippen LogP contribution in [0.25, 0.3) is 0 Å². The molecule has 5 heteroatoms. The second-order valence-corrected chi connectivity index (χ2v) is 6.29. The number of nitrogens with one attached hydrogen (secondary N) is 1. The molecule has 1 N–H and O–H groups in total. The van der Waals surface area contributed by atoms with E-state index in [1.165, 1.54) is 0 Å². The average molecular weight is 371 g/mol. The van der Waals surface area contributed by atoms with Gasteiger partial charge in [-0.05, 0) is 23.3 Å². The molecule has 0 bridgehead atoms. The maximum atomic E-state index is 12.4. The fourth-order valence-corrected chi connectivity index (χ4v) is 2.78. The summed E-state index contributed by atoms with van der Waals surface area (Å²) in [5.74, 6) is 0.209. The molecule has 1 aromatic heterocycles. The van der Waals surface area contributed by atoms with Crippen LogP contribution >= 0.6 is 0 Å². The summed E-state index contributed by atoms with van der Waals surface area (Å²) >= 11 is 0. The fourth-order valence-electron chi connectivity index (χ4n) is 2.78. The molecule has 0 fully saturated rings. The van der Waals surface area contributed by atoms with Gasteiger partial charge in [0, 0.05) is 19.3 Å². The Bertz CT molecular complexity index is 901. The van der Waals surface area contributed by atoms with E-state index >= 15 is 0 Å². The van der Waals surface area contributed by atoms with Crippen molar-refractivity contribution < 1.29 is 9.21 Å². The molecular weight excluding hydrogens is 350 g/mol. The van der Waals surface area contributed by atoms with Crippen LogP contribution in [0, 0.1) is 11.3 Å². The van der Waals surface area contributed by atoms with Gasteiger partial charge in [0.15, 0.2) is 0 Å². The van der Waals surface area contributed by atoms with E-state index in [2.05, 4.69) is 5.32 Å². The van der Waals surface area contributed by atoms with E-state index < -0.39 is 5.91 Å². The number of benzene rings is 2. The Morgan fingerprint density at radius 2 is 1.57 bits per heavy atom. The average Bonchev–Trinajstić information content (AvgIpc) is 3.25. The predicted octanol–water partition coefficient (Wildman–Crippen LogP) is 4.01. The summed E-state index contributed by atoms with van der Waals surface area (Å²) in [6.07, 6.45) is 3.17. The summed E-state index contributed by atoms with van der Waals surface area (Å²) in [6, 6.07) is 25.4. The van der Waals surface area contributed by atoms with Gasteiger partial charge in [0.25, 0.3) is 5.91 Å². The van der Waals surface area contributed by atoms with Crippen molar-refractivity contribution in [1.82, 2.24) is 10.2 Å². The summed E-state index contributed by atoms with van der Waals surface area (Å²) < 4.78 is 5.21. The second kappa shape index (κ2) is 9.79. The van der Waals surface area contributed by atoms with E-state index in [-0.39, 0.29) is 12.1 Å². The Hall–Kier alpha value is -3.78. The quantitative estimate of drug-likeness (QED) is 0.480. The molecule has 0 radical (unpaired) electrons. The summed E-state index contributed by atoms with van der Waals surface area (Å²) in [5.41, 5.74) is 2.25. The molecule has 0 spiro atoms. The Morgan fingerprint density at radius 1 is 0.964 bits per heavy atom. The van der Waals surface area contributed by atoms with Crippen LogP contribution in [0.2, 0.25) is 0 Å². The van der Waals surface area contributed by atoms with Gasteiger partial charge in [0.05, 0.1) is 12.8 Å². The number of rotatable bonds is 8. The van der Waals surface area contributed by atoms with Crippen LogP contribution in [0.4, 0.5) is 0 Å². The van der Waals surface area contributed by atoms with Gasteiger partial charge in [0.2, 0.25) is 0 Å². The second-order valence-electron chi connectivity index (χ2n) is 6.29. The highest BCUT2D eigenvalue weighted by molar-refractivity contribution is 5.97. The van der Waals surface area contributed by atoms with Crippen molar-refractivity contribution in [3.63, 3.8) is 0 Å². The topological polar surface area (TPSA) is 69.3 Å². The molecule has 0 unspecified atom stereocenters. The van der Waals surface area contributed by atoms with E-state index in [1.807, 2.05) is 71.6 Å². The first kappa shape index (κ1) is 19.0. The molecule has 140 valence electrons. The van der Waals surface area contributed by atoms with Crippen molar-refractivity contribution in [2.75, 3.05) is 0 Å². The minimum absolute atomic E-state index is 0.0541. The highest BCUT2D eigenvalue weighted by Gasteiger charge is 2.12. The van der Waals surface area contributed by atoms with Gasteiger partial charge in [-0.1, -0.05) is 60.7 Å². The first-order valence-electron chi connectivity index (χ1n) is 8.99. The van der Waals surface area contributed by atoms with Crippen LogP contribution in [-0.4, -0.2) is 10.8 Å². The molecule has 0 aliphatic heterocycles. The normalized spacial score (nSPS) is 10.9. The fraction of sp³-hybridized carbons (Fsp3) is 0.130. The number of hydrogen-bond donors (Lipinski definition) is 1. The van der Waals surface area contributed by atoms with E-state index in [4.69, 9.17) is 4.42 Å². The van der Waals surface area contributed by atoms with Gasteiger partial charge in [0.1, 0.15) is 17.4 Å². The number of carbonyl (C=O) groups excluding carboxylic acids is 1. The number of nitrogens with zero attached hydrogens (tertiary/aromatic N) is 2. The van der Waals surface area contributed by atoms with Crippen molar-refractivity contribution >= 4 is 5.91 Å². The molecule has 0 saturated heterocycles. The smallest absolute Gasteiger partial charge is 0.263 e. The number of amides is 1. The van der Waals surface area contributed by atoms with Crippen molar-refractivity contribution in [2.24, 2.45) is 0 Å². The van der Waals surface area contributed by atoms with Crippen LogP contribution < -0.4 is 5.32 Å². The maximum absolute atomic E-state index is 12.4. The molecule has 3 rings (SSSR count). The summed E-state index contributed by atoms with van der Waals surface area (Å²) in [7, 11) is 0. The van der Waals surface area contributed by atoms with Crippen LogP contribution in [-0.2, 0) is 24.4 Å². The Balaban J connectivity index is 1.76. The summed E-state index contributed by atoms with van der Waals surface area (Å²) in [6.45, 7) is 1.42. The third-order valence-corrected chi connectivity index (χ3v) is 4.14. The maximum Gasteiger partial charge on any atom is 0.263 e. The zero-order valence-electron chi connectivity index (χ0n) is 15.4. The Labute approximate surface area is 164 Å². The van der Waals surface area contributed by atoms with Crippen LogP contribution in [0.15, 0.2) is 95.2 Å². The van der Waals surface area contributed by atoms with Gasteiger partial charge >= 0.3 is 0 Å². The molecule has 0 saturated carbocycles. The van der Waals surface area contributed by atoms with E-state index in [0.717, 1.165) is 11.1 Å². The van der Waals surface area contributed by atoms with Crippen LogP contribution in [0.5, 0.6) is 0 Å². The minimum atomic E-state index is -0.426. The third-order valence-electron chi connectivity index (χ3n) is 4.14. The lowest BCUT2D eigenvalue weighted by Gasteiger charge is -2.21. The lowest BCUT2D eigenvalue weighted by Crippen LogP contribution is -2.26. The molecule has 3 aromatic rings. The van der Waals surface area contributed by atoms with Crippen LogP contribution in [0.1, 0.15) is 16.9 Å². The third kappa shape index (κ3) is 5.61. The first-order valence-corrected chi connectivity index (χ1v) is 8.99. The summed E-state index contributed by atoms with van der Waals surface area (Å²) in [5, 5.41) is 12.2. The molecule has 0 aliphatic carbocycles. The van der Waals surface area contributed by atoms with Gasteiger partial charge < -0.3 is 14.6 Å². The Kier molecular flexibility index (Phi) is 6.64. The van der Waals surface area contributed by atoms with Gasteiger partial charge in [-0.15, -0.1) is 0 Å². The summed E-state index contributed by atoms with van der Waals surface area (Å²) in [4.78, 5) is 14.4. The molecule has 2 aromatic carbocycles. The largest absolute Gasteiger partial charge is 0.467 e. The molecule has 0 atom stereocenters. The predicted molar refractivity (Wildman–Crippen MR) is 106 cm³/mol.